The zero-order valence-electron chi connectivity index (χ0n) is 18.7. The number of pyridine rings is 1. The van der Waals surface area contributed by atoms with E-state index in [9.17, 15) is 24.1 Å². The van der Waals surface area contributed by atoms with Gasteiger partial charge in [-0.15, -0.1) is 0 Å². The van der Waals surface area contributed by atoms with Crippen molar-refractivity contribution >= 4 is 28.9 Å². The highest BCUT2D eigenvalue weighted by molar-refractivity contribution is 6.11. The van der Waals surface area contributed by atoms with Gasteiger partial charge in [0.15, 0.2) is 11.5 Å². The Hall–Kier alpha value is -4.58. The lowest BCUT2D eigenvalue weighted by Crippen LogP contribution is -2.18. The average molecular weight is 484 g/mol. The van der Waals surface area contributed by atoms with E-state index in [1.807, 2.05) is 0 Å². The number of nitrogens with one attached hydrogen (secondary N) is 2. The van der Waals surface area contributed by atoms with Gasteiger partial charge in [-0.3, -0.25) is 24.7 Å². The van der Waals surface area contributed by atoms with Crippen LogP contribution in [0, 0.1) is 15.9 Å². The summed E-state index contributed by atoms with van der Waals surface area (Å²) in [6, 6.07) is 10.2. The maximum absolute atomic E-state index is 14.0. The van der Waals surface area contributed by atoms with Gasteiger partial charge >= 0.3 is 0 Å². The Balaban J connectivity index is 1.92. The molecule has 3 rings (SSSR count). The molecule has 35 heavy (non-hydrogen) atoms. The fourth-order valence-electron chi connectivity index (χ4n) is 2.99. The molecule has 0 aliphatic rings. The number of amides is 2. The number of methoxy groups -OCH3 is 2. The minimum absolute atomic E-state index is 0.0434. The number of hydrogen-bond acceptors (Lipinski definition) is 8. The van der Waals surface area contributed by atoms with Gasteiger partial charge in [0.1, 0.15) is 23.7 Å². The summed E-state index contributed by atoms with van der Waals surface area (Å²) in [6.07, 6.45) is 1.43. The van der Waals surface area contributed by atoms with E-state index in [1.54, 1.807) is 12.1 Å². The molecule has 182 valence electrons. The van der Waals surface area contributed by atoms with Crippen LogP contribution in [0.4, 0.5) is 21.5 Å². The number of carbonyl (C=O) groups is 2. The second-order valence-corrected chi connectivity index (χ2v) is 6.93. The van der Waals surface area contributed by atoms with Crippen molar-refractivity contribution in [3.63, 3.8) is 0 Å². The van der Waals surface area contributed by atoms with Gasteiger partial charge in [-0.05, 0) is 30.3 Å². The van der Waals surface area contributed by atoms with Crippen LogP contribution in [0.15, 0.2) is 54.7 Å². The topological polar surface area (TPSA) is 142 Å². The van der Waals surface area contributed by atoms with Crippen molar-refractivity contribution in [2.45, 2.75) is 0 Å². The van der Waals surface area contributed by atoms with Crippen molar-refractivity contribution < 1.29 is 33.1 Å². The molecule has 1 aromatic heterocycles. The smallest absolute Gasteiger partial charge is 0.286 e. The van der Waals surface area contributed by atoms with Crippen LogP contribution in [-0.2, 0) is 4.74 Å². The zero-order valence-corrected chi connectivity index (χ0v) is 18.7. The quantitative estimate of drug-likeness (QED) is 0.252. The van der Waals surface area contributed by atoms with E-state index >= 15 is 0 Å². The Morgan fingerprint density at radius 3 is 2.43 bits per heavy atom. The Morgan fingerprint density at radius 2 is 1.77 bits per heavy atom. The second kappa shape index (κ2) is 11.5. The van der Waals surface area contributed by atoms with E-state index in [1.165, 1.54) is 32.5 Å². The third kappa shape index (κ3) is 6.26. The van der Waals surface area contributed by atoms with Crippen LogP contribution in [0.3, 0.4) is 0 Å². The molecule has 0 aliphatic heterocycles. The van der Waals surface area contributed by atoms with Crippen LogP contribution < -0.4 is 20.1 Å². The Morgan fingerprint density at radius 1 is 1.00 bits per heavy atom. The minimum Gasteiger partial charge on any atom is -0.493 e. The predicted molar refractivity (Wildman–Crippen MR) is 124 cm³/mol. The molecule has 12 heteroatoms. The predicted octanol–water partition coefficient (Wildman–Crippen LogP) is 3.67. The first kappa shape index (κ1) is 25.1. The molecule has 0 saturated heterocycles. The van der Waals surface area contributed by atoms with Crippen LogP contribution in [0.25, 0.3) is 0 Å². The highest BCUT2D eigenvalue weighted by Gasteiger charge is 2.26. The first-order valence-electron chi connectivity index (χ1n) is 10.2. The molecule has 2 amide bonds. The van der Waals surface area contributed by atoms with Gasteiger partial charge in [0.05, 0.1) is 36.1 Å². The molecule has 0 fully saturated rings. The summed E-state index contributed by atoms with van der Waals surface area (Å²) >= 11 is 0. The second-order valence-electron chi connectivity index (χ2n) is 6.93. The number of halogens is 1. The monoisotopic (exact) mass is 484 g/mol. The molecule has 2 aromatic carbocycles. The minimum atomic E-state index is -0.933. The summed E-state index contributed by atoms with van der Waals surface area (Å²) < 4.78 is 29.5. The lowest BCUT2D eigenvalue weighted by molar-refractivity contribution is -0.385. The van der Waals surface area contributed by atoms with E-state index in [2.05, 4.69) is 15.6 Å². The van der Waals surface area contributed by atoms with E-state index in [4.69, 9.17) is 14.2 Å². The molecule has 3 aromatic rings. The standard InChI is InChI=1S/C23H21FN4O7/c1-33-9-10-35-21-13-19(28(31)32)15(12-20(21)34-2)22(29)27-18-11-14(24)6-7-16(18)26-23(30)17-5-3-4-8-25-17/h3-8,11-13H,9-10H2,1-2H3,(H,26,30)(H,27,29). The molecule has 11 nitrogen and oxygen atoms in total. The Bertz CT molecular complexity index is 1240. The number of nitro groups is 1. The van der Waals surface area contributed by atoms with Crippen molar-refractivity contribution in [2.24, 2.45) is 0 Å². The van der Waals surface area contributed by atoms with Crippen LogP contribution in [0.2, 0.25) is 0 Å². The highest BCUT2D eigenvalue weighted by Crippen LogP contribution is 2.35. The number of nitrogens with zero attached hydrogens (tertiary/aromatic N) is 2. The normalized spacial score (nSPS) is 10.4. The fourth-order valence-corrected chi connectivity index (χ4v) is 2.99. The zero-order chi connectivity index (χ0) is 25.4. The van der Waals surface area contributed by atoms with Gasteiger partial charge in [-0.25, -0.2) is 4.39 Å². The van der Waals surface area contributed by atoms with E-state index in [0.717, 1.165) is 24.3 Å². The summed E-state index contributed by atoms with van der Waals surface area (Å²) in [4.78, 5) is 40.3. The summed E-state index contributed by atoms with van der Waals surface area (Å²) in [5.74, 6) is -2.12. The van der Waals surface area contributed by atoms with Crippen molar-refractivity contribution in [1.29, 1.82) is 0 Å². The number of carbonyl (C=O) groups excluding carboxylic acids is 2. The maximum Gasteiger partial charge on any atom is 0.286 e. The molecule has 0 spiro atoms. The SMILES string of the molecule is COCCOc1cc([N+](=O)[O-])c(C(=O)Nc2cc(F)ccc2NC(=O)c2ccccn2)cc1OC. The summed E-state index contributed by atoms with van der Waals surface area (Å²) in [6.45, 7) is 0.323. The van der Waals surface area contributed by atoms with Crippen LogP contribution in [0.5, 0.6) is 11.5 Å². The van der Waals surface area contributed by atoms with Crippen molar-refractivity contribution in [3.8, 4) is 11.5 Å². The van der Waals surface area contributed by atoms with Crippen molar-refractivity contribution in [3.05, 3.63) is 81.9 Å². The van der Waals surface area contributed by atoms with E-state index < -0.39 is 28.2 Å². The lowest BCUT2D eigenvalue weighted by atomic mass is 10.1. The fraction of sp³-hybridized carbons (Fsp3) is 0.174. The molecule has 1 heterocycles. The molecule has 2 N–H and O–H groups in total. The van der Waals surface area contributed by atoms with Crippen molar-refractivity contribution in [1.82, 2.24) is 4.98 Å². The molecule has 0 atom stereocenters. The first-order chi connectivity index (χ1) is 16.8. The Labute approximate surface area is 199 Å². The molecule has 0 unspecified atom stereocenters. The van der Waals surface area contributed by atoms with Crippen LogP contribution in [-0.4, -0.2) is 49.2 Å². The number of ether oxygens (including phenoxy) is 3. The van der Waals surface area contributed by atoms with Gasteiger partial charge in [0, 0.05) is 19.4 Å². The average Bonchev–Trinajstić information content (AvgIpc) is 2.85. The largest absolute Gasteiger partial charge is 0.493 e. The van der Waals surface area contributed by atoms with Gasteiger partial charge < -0.3 is 24.8 Å². The molecular formula is C23H21FN4O7. The number of rotatable bonds is 10. The van der Waals surface area contributed by atoms with Gasteiger partial charge in [0.2, 0.25) is 0 Å². The van der Waals surface area contributed by atoms with Crippen LogP contribution in [0.1, 0.15) is 20.8 Å². The summed E-state index contributed by atoms with van der Waals surface area (Å²) in [7, 11) is 2.78. The number of benzene rings is 2. The number of hydrogen-bond donors (Lipinski definition) is 2. The molecule has 0 bridgehead atoms. The number of nitro benzene ring substituents is 1. The maximum atomic E-state index is 14.0. The molecular weight excluding hydrogens is 463 g/mol. The van der Waals surface area contributed by atoms with E-state index in [-0.39, 0.29) is 47.3 Å². The highest BCUT2D eigenvalue weighted by atomic mass is 19.1. The van der Waals surface area contributed by atoms with Gasteiger partial charge in [-0.2, -0.15) is 0 Å². The van der Waals surface area contributed by atoms with Gasteiger partial charge in [-0.1, -0.05) is 6.07 Å². The molecule has 0 radical (unpaired) electrons. The number of aromatic nitrogens is 1. The summed E-state index contributed by atoms with van der Waals surface area (Å²) in [5.41, 5.74) is -0.889. The molecule has 0 aliphatic carbocycles. The summed E-state index contributed by atoms with van der Waals surface area (Å²) in [5, 5.41) is 16.6. The third-order valence-electron chi connectivity index (χ3n) is 4.64. The van der Waals surface area contributed by atoms with Crippen LogP contribution >= 0.6 is 0 Å². The van der Waals surface area contributed by atoms with Gasteiger partial charge in [0.25, 0.3) is 17.5 Å². The van der Waals surface area contributed by atoms with E-state index in [0.29, 0.717) is 0 Å². The number of anilines is 2. The Kier molecular flexibility index (Phi) is 8.24. The van der Waals surface area contributed by atoms with Crippen molar-refractivity contribution in [2.75, 3.05) is 38.1 Å². The molecule has 0 saturated carbocycles. The third-order valence-corrected chi connectivity index (χ3v) is 4.64. The lowest BCUT2D eigenvalue weighted by Gasteiger charge is -2.14. The first-order valence-corrected chi connectivity index (χ1v) is 10.2.